The van der Waals surface area contributed by atoms with E-state index < -0.39 is 21.8 Å². The van der Waals surface area contributed by atoms with Gasteiger partial charge in [-0.25, -0.2) is 4.79 Å². The summed E-state index contributed by atoms with van der Waals surface area (Å²) in [5.74, 6) is 0. The van der Waals surface area contributed by atoms with Gasteiger partial charge in [-0.15, -0.1) is 0 Å². The summed E-state index contributed by atoms with van der Waals surface area (Å²) in [5, 5.41) is 10.9. The molecule has 162 valence electrons. The second-order valence-electron chi connectivity index (χ2n) is 7.63. The molecule has 1 saturated heterocycles. The Morgan fingerprint density at radius 1 is 1.13 bits per heavy atom. The molecule has 0 aliphatic carbocycles. The number of hydrogen-bond acceptors (Lipinski definition) is 6. The van der Waals surface area contributed by atoms with Crippen LogP contribution in [-0.4, -0.2) is 49.8 Å². The van der Waals surface area contributed by atoms with Crippen molar-refractivity contribution in [2.24, 2.45) is 0 Å². The third kappa shape index (κ3) is 6.04. The number of rotatable bonds is 7. The van der Waals surface area contributed by atoms with E-state index >= 15 is 0 Å². The second-order valence-corrected chi connectivity index (χ2v) is 9.24. The van der Waals surface area contributed by atoms with Gasteiger partial charge in [0.25, 0.3) is 10.1 Å². The Balaban J connectivity index is 1.50. The number of aryl methyl sites for hydroxylation is 1. The molecule has 1 atom stereocenters. The van der Waals surface area contributed by atoms with Crippen LogP contribution in [0.4, 0.5) is 4.79 Å². The zero-order valence-corrected chi connectivity index (χ0v) is 17.8. The van der Waals surface area contributed by atoms with Crippen LogP contribution < -0.4 is 0 Å². The number of aliphatic hydroxyl groups is 1. The van der Waals surface area contributed by atoms with Crippen LogP contribution in [0, 0.1) is 6.92 Å². The maximum Gasteiger partial charge on any atom is 0.410 e. The lowest BCUT2D eigenvalue weighted by Crippen LogP contribution is -2.51. The van der Waals surface area contributed by atoms with E-state index in [9.17, 15) is 18.3 Å². The van der Waals surface area contributed by atoms with E-state index in [4.69, 9.17) is 8.92 Å². The predicted octanol–water partition coefficient (Wildman–Crippen LogP) is 3.25. The van der Waals surface area contributed by atoms with Crippen LogP contribution in [0.3, 0.4) is 0 Å². The van der Waals surface area contributed by atoms with Crippen LogP contribution in [0.25, 0.3) is 0 Å². The molecule has 0 unspecified atom stereocenters. The van der Waals surface area contributed by atoms with Gasteiger partial charge >= 0.3 is 6.09 Å². The van der Waals surface area contributed by atoms with Gasteiger partial charge in [-0.1, -0.05) is 48.0 Å². The van der Waals surface area contributed by atoms with E-state index in [1.165, 1.54) is 17.0 Å². The summed E-state index contributed by atoms with van der Waals surface area (Å²) in [4.78, 5) is 13.9. The summed E-state index contributed by atoms with van der Waals surface area (Å²) < 4.78 is 35.0. The summed E-state index contributed by atoms with van der Waals surface area (Å²) in [6, 6.07) is 15.7. The molecule has 3 rings (SSSR count). The molecule has 1 aliphatic rings. The third-order valence-corrected chi connectivity index (χ3v) is 6.46. The van der Waals surface area contributed by atoms with Crippen LogP contribution in [0.1, 0.15) is 30.4 Å². The van der Waals surface area contributed by atoms with Crippen molar-refractivity contribution in [1.82, 2.24) is 4.90 Å². The van der Waals surface area contributed by atoms with Gasteiger partial charge in [0, 0.05) is 13.0 Å². The van der Waals surface area contributed by atoms with Crippen molar-refractivity contribution in [3.63, 3.8) is 0 Å². The fourth-order valence-electron chi connectivity index (χ4n) is 3.40. The highest BCUT2D eigenvalue weighted by Crippen LogP contribution is 2.26. The molecule has 2 aromatic rings. The van der Waals surface area contributed by atoms with Crippen molar-refractivity contribution in [3.05, 3.63) is 65.7 Å². The van der Waals surface area contributed by atoms with E-state index in [-0.39, 0.29) is 31.1 Å². The van der Waals surface area contributed by atoms with Crippen molar-refractivity contribution in [2.45, 2.75) is 43.3 Å². The lowest BCUT2D eigenvalue weighted by molar-refractivity contribution is -0.0423. The average Bonchev–Trinajstić information content (AvgIpc) is 2.73. The van der Waals surface area contributed by atoms with Crippen molar-refractivity contribution >= 4 is 16.2 Å². The molecule has 0 radical (unpaired) electrons. The third-order valence-electron chi connectivity index (χ3n) is 5.13. The number of ether oxygens (including phenoxy) is 1. The van der Waals surface area contributed by atoms with Gasteiger partial charge in [0.2, 0.25) is 0 Å². The standard InChI is InChI=1S/C22H27NO6S/c1-18-8-10-20(11-9-18)30(26,27)29-15-13-22(25)12-5-14-23(17-22)21(24)28-16-19-6-3-2-4-7-19/h2-4,6-11,25H,5,12-17H2,1H3/t22-/m0/s1. The van der Waals surface area contributed by atoms with Crippen molar-refractivity contribution in [2.75, 3.05) is 19.7 Å². The van der Waals surface area contributed by atoms with Gasteiger partial charge in [0.05, 0.1) is 23.6 Å². The summed E-state index contributed by atoms with van der Waals surface area (Å²) in [5.41, 5.74) is 0.616. The molecule has 0 saturated carbocycles. The van der Waals surface area contributed by atoms with E-state index in [0.717, 1.165) is 11.1 Å². The van der Waals surface area contributed by atoms with Crippen molar-refractivity contribution in [3.8, 4) is 0 Å². The first kappa shape index (κ1) is 22.3. The first-order valence-corrected chi connectivity index (χ1v) is 11.3. The SMILES string of the molecule is Cc1ccc(S(=O)(=O)OCC[C@@]2(O)CCCN(C(=O)OCc3ccccc3)C2)cc1. The van der Waals surface area contributed by atoms with Crippen LogP contribution in [0.5, 0.6) is 0 Å². The molecule has 1 N–H and O–H groups in total. The van der Waals surface area contributed by atoms with Crippen LogP contribution in [0.15, 0.2) is 59.5 Å². The molecule has 1 aliphatic heterocycles. The number of piperidine rings is 1. The van der Waals surface area contributed by atoms with E-state index in [1.54, 1.807) is 12.1 Å². The fourth-order valence-corrected chi connectivity index (χ4v) is 4.31. The van der Waals surface area contributed by atoms with E-state index in [0.29, 0.717) is 19.4 Å². The van der Waals surface area contributed by atoms with E-state index in [2.05, 4.69) is 0 Å². The van der Waals surface area contributed by atoms with E-state index in [1.807, 2.05) is 37.3 Å². The molecule has 1 fully saturated rings. The highest BCUT2D eigenvalue weighted by atomic mass is 32.2. The Labute approximate surface area is 177 Å². The second kappa shape index (κ2) is 9.59. The maximum absolute atomic E-state index is 12.4. The minimum Gasteiger partial charge on any atom is -0.445 e. The number of amides is 1. The smallest absolute Gasteiger partial charge is 0.410 e. The van der Waals surface area contributed by atoms with Gasteiger partial charge in [0.1, 0.15) is 6.61 Å². The first-order chi connectivity index (χ1) is 14.3. The molecule has 0 bridgehead atoms. The van der Waals surface area contributed by atoms with Gasteiger partial charge < -0.3 is 14.7 Å². The zero-order valence-electron chi connectivity index (χ0n) is 17.0. The molecule has 7 nitrogen and oxygen atoms in total. The number of β-amino-alcohol motifs (C(OH)–C–C–N with tert-alkyl or cyclic N) is 1. The summed E-state index contributed by atoms with van der Waals surface area (Å²) in [6.07, 6.45) is 0.663. The largest absolute Gasteiger partial charge is 0.445 e. The highest BCUT2D eigenvalue weighted by molar-refractivity contribution is 7.86. The molecule has 8 heteroatoms. The van der Waals surface area contributed by atoms with Crippen molar-refractivity contribution < 1.29 is 27.2 Å². The average molecular weight is 434 g/mol. The van der Waals surface area contributed by atoms with Crippen LogP contribution in [-0.2, 0) is 25.6 Å². The minimum atomic E-state index is -3.89. The molecule has 30 heavy (non-hydrogen) atoms. The van der Waals surface area contributed by atoms with Gasteiger partial charge in [-0.05, 0) is 37.5 Å². The zero-order chi connectivity index (χ0) is 21.6. The maximum atomic E-state index is 12.4. The lowest BCUT2D eigenvalue weighted by atomic mass is 9.90. The number of carbonyl (C=O) groups excluding carboxylic acids is 1. The Morgan fingerprint density at radius 3 is 2.53 bits per heavy atom. The fraction of sp³-hybridized carbons (Fsp3) is 0.409. The first-order valence-electron chi connectivity index (χ1n) is 9.92. The van der Waals surface area contributed by atoms with Gasteiger partial charge in [0.15, 0.2) is 0 Å². The number of nitrogens with zero attached hydrogens (tertiary/aromatic N) is 1. The number of likely N-dealkylation sites (tertiary alicyclic amines) is 1. The molecular weight excluding hydrogens is 406 g/mol. The molecular formula is C22H27NO6S. The number of hydrogen-bond donors (Lipinski definition) is 1. The number of carbonyl (C=O) groups is 1. The van der Waals surface area contributed by atoms with Crippen LogP contribution >= 0.6 is 0 Å². The highest BCUT2D eigenvalue weighted by Gasteiger charge is 2.36. The molecule has 0 aromatic heterocycles. The molecule has 2 aromatic carbocycles. The molecule has 0 spiro atoms. The monoisotopic (exact) mass is 433 g/mol. The van der Waals surface area contributed by atoms with Crippen molar-refractivity contribution in [1.29, 1.82) is 0 Å². The Bertz CT molecular complexity index is 945. The molecule has 1 amide bonds. The van der Waals surface area contributed by atoms with Crippen LogP contribution in [0.2, 0.25) is 0 Å². The summed E-state index contributed by atoms with van der Waals surface area (Å²) in [7, 11) is -3.89. The Morgan fingerprint density at radius 2 is 1.83 bits per heavy atom. The molecule has 1 heterocycles. The number of benzene rings is 2. The normalized spacial score (nSPS) is 19.5. The minimum absolute atomic E-state index is 0.0779. The Hall–Kier alpha value is -2.42. The summed E-state index contributed by atoms with van der Waals surface area (Å²) in [6.45, 7) is 2.42. The lowest BCUT2D eigenvalue weighted by Gasteiger charge is -2.38. The topological polar surface area (TPSA) is 93.1 Å². The quantitative estimate of drug-likeness (QED) is 0.674. The van der Waals surface area contributed by atoms with Gasteiger partial charge in [-0.3, -0.25) is 4.18 Å². The summed E-state index contributed by atoms with van der Waals surface area (Å²) >= 11 is 0. The predicted molar refractivity (Wildman–Crippen MR) is 111 cm³/mol. The van der Waals surface area contributed by atoms with Gasteiger partial charge in [-0.2, -0.15) is 8.42 Å². The Kier molecular flexibility index (Phi) is 7.12.